The number of anilines is 1. The lowest BCUT2D eigenvalue weighted by Gasteiger charge is -2.38. The highest BCUT2D eigenvalue weighted by Crippen LogP contribution is 2.41. The topological polar surface area (TPSA) is 92.3 Å². The standard InChI is InChI=1S/C28H28F4N4O4/c1-3-15-39-20-11-13-36(14-12-20)26(38)33-19-9-10-22(29)21(16-19)27(2)17-23(28(30,31)32)34-25(40-27)35-24(37)18-7-5-4-6-8-18/h1,4-10,16,20,23H,11-15,17H2,2H3,(H,33,38)(H,34,35,37)/t23-,27-/m0/s1. The van der Waals surface area contributed by atoms with E-state index in [4.69, 9.17) is 15.9 Å². The molecule has 2 aliphatic rings. The lowest BCUT2D eigenvalue weighted by Crippen LogP contribution is -2.48. The van der Waals surface area contributed by atoms with Crippen LogP contribution in [0.2, 0.25) is 0 Å². The van der Waals surface area contributed by atoms with Gasteiger partial charge in [-0.2, -0.15) is 13.2 Å². The van der Waals surface area contributed by atoms with E-state index in [-0.39, 0.29) is 29.5 Å². The van der Waals surface area contributed by atoms with E-state index in [9.17, 15) is 22.8 Å². The maximum Gasteiger partial charge on any atom is 0.411 e. The van der Waals surface area contributed by atoms with Gasteiger partial charge in [0, 0.05) is 36.3 Å². The largest absolute Gasteiger partial charge is 0.454 e. The predicted molar refractivity (Wildman–Crippen MR) is 139 cm³/mol. The molecule has 0 radical (unpaired) electrons. The van der Waals surface area contributed by atoms with Crippen LogP contribution >= 0.6 is 0 Å². The molecule has 2 aliphatic heterocycles. The molecule has 40 heavy (non-hydrogen) atoms. The molecule has 3 amide bonds. The summed E-state index contributed by atoms with van der Waals surface area (Å²) in [5, 5.41) is 4.93. The summed E-state index contributed by atoms with van der Waals surface area (Å²) in [5.74, 6) is 0.825. The van der Waals surface area contributed by atoms with Gasteiger partial charge in [-0.1, -0.05) is 24.1 Å². The number of rotatable bonds is 5. The van der Waals surface area contributed by atoms with Gasteiger partial charge in [0.1, 0.15) is 18.0 Å². The van der Waals surface area contributed by atoms with Gasteiger partial charge in [-0.25, -0.2) is 14.2 Å². The zero-order valence-corrected chi connectivity index (χ0v) is 21.6. The number of halogens is 4. The second-order valence-electron chi connectivity index (χ2n) is 9.68. The van der Waals surface area contributed by atoms with E-state index in [0.717, 1.165) is 6.07 Å². The van der Waals surface area contributed by atoms with Crippen LogP contribution in [0.4, 0.5) is 28.0 Å². The number of likely N-dealkylation sites (tertiary alicyclic amines) is 1. The smallest absolute Gasteiger partial charge is 0.411 e. The second kappa shape index (κ2) is 12.0. The van der Waals surface area contributed by atoms with Crippen molar-refractivity contribution in [2.24, 2.45) is 4.99 Å². The molecule has 212 valence electrons. The summed E-state index contributed by atoms with van der Waals surface area (Å²) in [5.41, 5.74) is -1.77. The number of aliphatic imine (C=N–C) groups is 1. The average molecular weight is 561 g/mol. The van der Waals surface area contributed by atoms with Crippen LogP contribution < -0.4 is 10.6 Å². The quantitative estimate of drug-likeness (QED) is 0.405. The number of nitrogens with one attached hydrogen (secondary N) is 2. The number of ether oxygens (including phenoxy) is 2. The van der Waals surface area contributed by atoms with Crippen molar-refractivity contribution in [3.63, 3.8) is 0 Å². The molecule has 2 aromatic carbocycles. The van der Waals surface area contributed by atoms with Crippen LogP contribution in [0.25, 0.3) is 0 Å². The maximum absolute atomic E-state index is 15.1. The summed E-state index contributed by atoms with van der Waals surface area (Å²) in [6, 6.07) is 7.96. The Morgan fingerprint density at radius 2 is 1.88 bits per heavy atom. The number of carbonyl (C=O) groups excluding carboxylic acids is 2. The van der Waals surface area contributed by atoms with E-state index in [1.165, 1.54) is 31.2 Å². The third-order valence-corrected chi connectivity index (χ3v) is 6.73. The summed E-state index contributed by atoms with van der Waals surface area (Å²) >= 11 is 0. The van der Waals surface area contributed by atoms with Gasteiger partial charge >= 0.3 is 12.2 Å². The molecule has 0 spiro atoms. The third-order valence-electron chi connectivity index (χ3n) is 6.73. The molecule has 4 rings (SSSR count). The summed E-state index contributed by atoms with van der Waals surface area (Å²) in [6.07, 6.45) is 0.796. The second-order valence-corrected chi connectivity index (χ2v) is 9.68. The minimum atomic E-state index is -4.79. The van der Waals surface area contributed by atoms with Crippen molar-refractivity contribution < 1.29 is 36.6 Å². The minimum absolute atomic E-state index is 0.0549. The molecule has 8 nitrogen and oxygen atoms in total. The van der Waals surface area contributed by atoms with E-state index >= 15 is 4.39 Å². The van der Waals surface area contributed by atoms with Crippen molar-refractivity contribution in [3.05, 3.63) is 65.5 Å². The zero-order chi connectivity index (χ0) is 28.9. The van der Waals surface area contributed by atoms with Crippen LogP contribution in [0.3, 0.4) is 0 Å². The molecule has 0 bridgehead atoms. The molecule has 2 N–H and O–H groups in total. The number of hydrogen-bond donors (Lipinski definition) is 2. The number of terminal acetylenes is 1. The van der Waals surface area contributed by atoms with Gasteiger partial charge in [-0.05, 0) is 50.1 Å². The van der Waals surface area contributed by atoms with E-state index < -0.39 is 48.0 Å². The first-order valence-corrected chi connectivity index (χ1v) is 12.6. The number of urea groups is 1. The van der Waals surface area contributed by atoms with Crippen molar-refractivity contribution in [3.8, 4) is 12.3 Å². The predicted octanol–water partition coefficient (Wildman–Crippen LogP) is 4.82. The van der Waals surface area contributed by atoms with Crippen molar-refractivity contribution in [1.29, 1.82) is 0 Å². The lowest BCUT2D eigenvalue weighted by atomic mass is 9.87. The van der Waals surface area contributed by atoms with Gasteiger partial charge in [-0.3, -0.25) is 10.1 Å². The van der Waals surface area contributed by atoms with Gasteiger partial charge in [0.25, 0.3) is 11.9 Å². The Morgan fingerprint density at radius 1 is 1.18 bits per heavy atom. The van der Waals surface area contributed by atoms with E-state index in [0.29, 0.717) is 25.9 Å². The Labute approximate surface area is 228 Å². The van der Waals surface area contributed by atoms with Gasteiger partial charge in [-0.15, -0.1) is 6.42 Å². The molecule has 0 aliphatic carbocycles. The van der Waals surface area contributed by atoms with Crippen LogP contribution in [-0.4, -0.2) is 60.9 Å². The van der Waals surface area contributed by atoms with Crippen molar-refractivity contribution in [2.45, 2.75) is 50.1 Å². The molecule has 2 atom stereocenters. The third kappa shape index (κ3) is 6.90. The Hall–Kier alpha value is -4.11. The molecule has 1 fully saturated rings. The molecule has 0 aromatic heterocycles. The van der Waals surface area contributed by atoms with Crippen molar-refractivity contribution in [1.82, 2.24) is 10.2 Å². The summed E-state index contributed by atoms with van der Waals surface area (Å²) in [7, 11) is 0. The zero-order valence-electron chi connectivity index (χ0n) is 21.6. The normalized spacial score (nSPS) is 21.6. The first-order valence-electron chi connectivity index (χ1n) is 12.6. The molecular weight excluding hydrogens is 532 g/mol. The number of nitrogens with zero attached hydrogens (tertiary/aromatic N) is 2. The summed E-state index contributed by atoms with van der Waals surface area (Å²) in [4.78, 5) is 30.5. The fourth-order valence-electron chi connectivity index (χ4n) is 4.61. The van der Waals surface area contributed by atoms with Crippen molar-refractivity contribution >= 4 is 23.6 Å². The first-order chi connectivity index (χ1) is 19.0. The number of carbonyl (C=O) groups is 2. The highest BCUT2D eigenvalue weighted by Gasteiger charge is 2.50. The van der Waals surface area contributed by atoms with Crippen LogP contribution in [0.15, 0.2) is 53.5 Å². The molecule has 0 saturated carbocycles. The number of amides is 3. The molecule has 2 heterocycles. The number of benzene rings is 2. The van der Waals surface area contributed by atoms with E-state index in [2.05, 4.69) is 21.5 Å². The highest BCUT2D eigenvalue weighted by atomic mass is 19.4. The molecular formula is C28H28F4N4O4. The van der Waals surface area contributed by atoms with Gasteiger partial charge < -0.3 is 19.7 Å². The minimum Gasteiger partial charge on any atom is -0.454 e. The molecule has 2 aromatic rings. The van der Waals surface area contributed by atoms with Crippen LogP contribution in [-0.2, 0) is 15.1 Å². The molecule has 1 saturated heterocycles. The average Bonchev–Trinajstić information content (AvgIpc) is 2.93. The van der Waals surface area contributed by atoms with E-state index in [1.54, 1.807) is 23.1 Å². The fraction of sp³-hybridized carbons (Fsp3) is 0.393. The Morgan fingerprint density at radius 3 is 2.52 bits per heavy atom. The molecule has 12 heteroatoms. The summed E-state index contributed by atoms with van der Waals surface area (Å²) in [6.45, 7) is 2.28. The van der Waals surface area contributed by atoms with Gasteiger partial charge in [0.05, 0.1) is 6.10 Å². The lowest BCUT2D eigenvalue weighted by molar-refractivity contribution is -0.164. The number of hydrogen-bond acceptors (Lipinski definition) is 5. The fourth-order valence-corrected chi connectivity index (χ4v) is 4.61. The Kier molecular flexibility index (Phi) is 8.64. The number of alkyl halides is 3. The van der Waals surface area contributed by atoms with Crippen LogP contribution in [0.5, 0.6) is 0 Å². The highest BCUT2D eigenvalue weighted by molar-refractivity contribution is 6.04. The van der Waals surface area contributed by atoms with Crippen LogP contribution in [0.1, 0.15) is 42.1 Å². The van der Waals surface area contributed by atoms with Crippen LogP contribution in [0, 0.1) is 18.2 Å². The first kappa shape index (κ1) is 28.9. The number of amidine groups is 1. The number of piperidine rings is 1. The Bertz CT molecular complexity index is 1300. The van der Waals surface area contributed by atoms with Crippen molar-refractivity contribution in [2.75, 3.05) is 25.0 Å². The summed E-state index contributed by atoms with van der Waals surface area (Å²) < 4.78 is 67.8. The van der Waals surface area contributed by atoms with Gasteiger partial charge in [0.15, 0.2) is 6.04 Å². The SMILES string of the molecule is C#CCOC1CCN(C(=O)Nc2ccc(F)c([C@]3(C)C[C@@H](C(F)(F)F)N=C(NC(=O)c4ccccc4)O3)c2)CC1. The molecule has 0 unspecified atom stereocenters. The Balaban J connectivity index is 1.52. The van der Waals surface area contributed by atoms with E-state index in [1.807, 2.05) is 0 Å². The maximum atomic E-state index is 15.1. The van der Waals surface area contributed by atoms with Gasteiger partial charge in [0.2, 0.25) is 0 Å². The monoisotopic (exact) mass is 560 g/mol.